The second-order valence-corrected chi connectivity index (χ2v) is 6.29. The van der Waals surface area contributed by atoms with Gasteiger partial charge in [0.25, 0.3) is 0 Å². The predicted octanol–water partition coefficient (Wildman–Crippen LogP) is 5.62. The number of aryl methyl sites for hydroxylation is 1. The zero-order valence-corrected chi connectivity index (χ0v) is 13.6. The summed E-state index contributed by atoms with van der Waals surface area (Å²) in [5.41, 5.74) is 5.85. The zero-order valence-electron chi connectivity index (χ0n) is 13.6. The summed E-state index contributed by atoms with van der Waals surface area (Å²) in [5.74, 6) is 0.698. The van der Waals surface area contributed by atoms with Crippen LogP contribution >= 0.6 is 0 Å². The van der Waals surface area contributed by atoms with Crippen LogP contribution in [0.5, 0.6) is 0 Å². The van der Waals surface area contributed by atoms with Crippen LogP contribution in [0.4, 0.5) is 0 Å². The molecule has 2 aromatic carbocycles. The summed E-state index contributed by atoms with van der Waals surface area (Å²) < 4.78 is 0. The Morgan fingerprint density at radius 3 is 2.24 bits per heavy atom. The molecule has 0 aliphatic rings. The summed E-state index contributed by atoms with van der Waals surface area (Å²) in [6.07, 6.45) is 0. The van der Waals surface area contributed by atoms with Crippen molar-refractivity contribution >= 4 is 5.78 Å². The van der Waals surface area contributed by atoms with Crippen molar-refractivity contribution in [2.45, 2.75) is 40.5 Å². The van der Waals surface area contributed by atoms with Crippen LogP contribution < -0.4 is 0 Å². The summed E-state index contributed by atoms with van der Waals surface area (Å²) in [7, 11) is 0. The molecule has 0 aliphatic heterocycles. The maximum Gasteiger partial charge on any atom is 0.165 e. The smallest absolute Gasteiger partial charge is 0.165 e. The first-order valence-corrected chi connectivity index (χ1v) is 7.66. The molecule has 0 N–H and O–H groups in total. The summed E-state index contributed by atoms with van der Waals surface area (Å²) in [4.78, 5) is 12.2. The molecule has 0 saturated carbocycles. The van der Waals surface area contributed by atoms with E-state index in [0.29, 0.717) is 5.92 Å². The Kier molecular flexibility index (Phi) is 4.62. The highest BCUT2D eigenvalue weighted by Gasteiger charge is 2.14. The number of benzene rings is 2. The molecule has 0 saturated heterocycles. The Labute approximate surface area is 128 Å². The number of carbonyl (C=O) groups excluding carboxylic acids is 1. The van der Waals surface area contributed by atoms with Gasteiger partial charge >= 0.3 is 0 Å². The lowest BCUT2D eigenvalue weighted by Gasteiger charge is -2.17. The third-order valence-corrected chi connectivity index (χ3v) is 3.88. The van der Waals surface area contributed by atoms with Gasteiger partial charge in [0.2, 0.25) is 0 Å². The Morgan fingerprint density at radius 1 is 0.952 bits per heavy atom. The Morgan fingerprint density at radius 2 is 1.62 bits per heavy atom. The van der Waals surface area contributed by atoms with E-state index < -0.39 is 0 Å². The zero-order chi connectivity index (χ0) is 15.6. The Bertz CT molecular complexity index is 651. The lowest BCUT2D eigenvalue weighted by Crippen LogP contribution is -2.07. The molecule has 21 heavy (non-hydrogen) atoms. The SMILES string of the molecule is Cc1cccc(-c2cccc(C(=O)C(C)C)c2)c1C(C)C. The molecular weight excluding hydrogens is 256 g/mol. The van der Waals surface area contributed by atoms with E-state index >= 15 is 0 Å². The number of ketones is 1. The van der Waals surface area contributed by atoms with Crippen molar-refractivity contribution in [3.8, 4) is 11.1 Å². The van der Waals surface area contributed by atoms with E-state index in [1.807, 2.05) is 32.0 Å². The highest BCUT2D eigenvalue weighted by atomic mass is 16.1. The van der Waals surface area contributed by atoms with Gasteiger partial charge in [0.15, 0.2) is 5.78 Å². The first kappa shape index (κ1) is 15.5. The van der Waals surface area contributed by atoms with E-state index in [1.165, 1.54) is 16.7 Å². The molecule has 2 rings (SSSR count). The summed E-state index contributed by atoms with van der Waals surface area (Å²) >= 11 is 0. The topological polar surface area (TPSA) is 17.1 Å². The molecule has 1 heteroatoms. The predicted molar refractivity (Wildman–Crippen MR) is 89.9 cm³/mol. The fraction of sp³-hybridized carbons (Fsp3) is 0.350. The van der Waals surface area contributed by atoms with Crippen LogP contribution in [0, 0.1) is 12.8 Å². The highest BCUT2D eigenvalue weighted by molar-refractivity contribution is 5.98. The molecule has 0 fully saturated rings. The van der Waals surface area contributed by atoms with E-state index in [0.717, 1.165) is 11.1 Å². The fourth-order valence-electron chi connectivity index (χ4n) is 2.87. The average molecular weight is 280 g/mol. The number of hydrogen-bond donors (Lipinski definition) is 0. The highest BCUT2D eigenvalue weighted by Crippen LogP contribution is 2.32. The minimum Gasteiger partial charge on any atom is -0.294 e. The second kappa shape index (κ2) is 6.26. The van der Waals surface area contributed by atoms with Crippen molar-refractivity contribution in [1.29, 1.82) is 0 Å². The van der Waals surface area contributed by atoms with Crippen molar-refractivity contribution in [2.24, 2.45) is 5.92 Å². The van der Waals surface area contributed by atoms with Crippen LogP contribution in [0.3, 0.4) is 0 Å². The van der Waals surface area contributed by atoms with Crippen molar-refractivity contribution in [2.75, 3.05) is 0 Å². The van der Waals surface area contributed by atoms with Gasteiger partial charge in [0, 0.05) is 11.5 Å². The molecule has 0 radical (unpaired) electrons. The molecule has 0 amide bonds. The van der Waals surface area contributed by atoms with Crippen molar-refractivity contribution in [1.82, 2.24) is 0 Å². The van der Waals surface area contributed by atoms with Gasteiger partial charge in [0.05, 0.1) is 0 Å². The van der Waals surface area contributed by atoms with Gasteiger partial charge in [-0.2, -0.15) is 0 Å². The molecule has 0 unspecified atom stereocenters. The molecule has 2 aromatic rings. The van der Waals surface area contributed by atoms with E-state index in [-0.39, 0.29) is 11.7 Å². The molecule has 0 atom stereocenters. The third kappa shape index (κ3) is 3.24. The molecule has 1 nitrogen and oxygen atoms in total. The summed E-state index contributed by atoms with van der Waals surface area (Å²) in [5, 5.41) is 0. The summed E-state index contributed by atoms with van der Waals surface area (Å²) in [6, 6.07) is 14.4. The van der Waals surface area contributed by atoms with Crippen LogP contribution in [0.2, 0.25) is 0 Å². The fourth-order valence-corrected chi connectivity index (χ4v) is 2.87. The molecule has 0 heterocycles. The molecule has 110 valence electrons. The van der Waals surface area contributed by atoms with Crippen LogP contribution in [-0.4, -0.2) is 5.78 Å². The Hall–Kier alpha value is -1.89. The number of hydrogen-bond acceptors (Lipinski definition) is 1. The van der Waals surface area contributed by atoms with Crippen LogP contribution in [0.1, 0.15) is 55.1 Å². The van der Waals surface area contributed by atoms with E-state index in [9.17, 15) is 4.79 Å². The maximum absolute atomic E-state index is 12.2. The summed E-state index contributed by atoms with van der Waals surface area (Å²) in [6.45, 7) is 10.5. The minimum atomic E-state index is 0.0299. The maximum atomic E-state index is 12.2. The molecule has 0 spiro atoms. The first-order valence-electron chi connectivity index (χ1n) is 7.66. The van der Waals surface area contributed by atoms with Crippen molar-refractivity contribution < 1.29 is 4.79 Å². The monoisotopic (exact) mass is 280 g/mol. The minimum absolute atomic E-state index is 0.0299. The quantitative estimate of drug-likeness (QED) is 0.664. The number of rotatable bonds is 4. The third-order valence-electron chi connectivity index (χ3n) is 3.88. The molecular formula is C20H24O. The van der Waals surface area contributed by atoms with Crippen LogP contribution in [0.15, 0.2) is 42.5 Å². The van der Waals surface area contributed by atoms with Crippen molar-refractivity contribution in [3.05, 3.63) is 59.2 Å². The van der Waals surface area contributed by atoms with E-state index in [1.54, 1.807) is 0 Å². The largest absolute Gasteiger partial charge is 0.294 e. The van der Waals surface area contributed by atoms with E-state index in [4.69, 9.17) is 0 Å². The van der Waals surface area contributed by atoms with Gasteiger partial charge in [-0.05, 0) is 41.2 Å². The lowest BCUT2D eigenvalue weighted by molar-refractivity contribution is 0.0939. The van der Waals surface area contributed by atoms with Gasteiger partial charge in [-0.1, -0.05) is 64.1 Å². The van der Waals surface area contributed by atoms with Gasteiger partial charge in [-0.25, -0.2) is 0 Å². The van der Waals surface area contributed by atoms with Gasteiger partial charge in [0.1, 0.15) is 0 Å². The molecule has 0 bridgehead atoms. The standard InChI is InChI=1S/C20H24O/c1-13(2)19-15(5)8-6-11-18(19)16-9-7-10-17(12-16)20(21)14(3)4/h6-14H,1-5H3. The van der Waals surface area contributed by atoms with Gasteiger partial charge in [-0.3, -0.25) is 4.79 Å². The first-order chi connectivity index (χ1) is 9.91. The lowest BCUT2D eigenvalue weighted by atomic mass is 9.88. The van der Waals surface area contributed by atoms with Crippen molar-refractivity contribution in [3.63, 3.8) is 0 Å². The number of carbonyl (C=O) groups is 1. The normalized spacial score (nSPS) is 11.2. The van der Waals surface area contributed by atoms with Gasteiger partial charge in [-0.15, -0.1) is 0 Å². The molecule has 0 aromatic heterocycles. The second-order valence-electron chi connectivity index (χ2n) is 6.29. The van der Waals surface area contributed by atoms with Crippen LogP contribution in [0.25, 0.3) is 11.1 Å². The average Bonchev–Trinajstić information content (AvgIpc) is 2.45. The number of Topliss-reactive ketones (excluding diaryl/α,β-unsaturated/α-hetero) is 1. The van der Waals surface area contributed by atoms with Crippen LogP contribution in [-0.2, 0) is 0 Å². The Balaban J connectivity index is 2.56. The van der Waals surface area contributed by atoms with E-state index in [2.05, 4.69) is 45.0 Å². The van der Waals surface area contributed by atoms with Gasteiger partial charge < -0.3 is 0 Å². The molecule has 0 aliphatic carbocycles.